The Labute approximate surface area is 171 Å². The molecule has 0 amide bonds. The Morgan fingerprint density at radius 3 is 2.69 bits per heavy atom. The molecule has 1 aromatic carbocycles. The van der Waals surface area contributed by atoms with E-state index in [1.165, 1.54) is 0 Å². The number of allylic oxidation sites excluding steroid dienone is 1. The van der Waals surface area contributed by atoms with Gasteiger partial charge in [0.05, 0.1) is 6.20 Å². The van der Waals surface area contributed by atoms with Gasteiger partial charge >= 0.3 is 0 Å². The number of likely N-dealkylation sites (tertiary alicyclic amines) is 1. The number of hydrogen-bond acceptors (Lipinski definition) is 4. The molecule has 0 aliphatic carbocycles. The average Bonchev–Trinajstić information content (AvgIpc) is 3.14. The van der Waals surface area contributed by atoms with Gasteiger partial charge in [0.25, 0.3) is 0 Å². The van der Waals surface area contributed by atoms with Crippen LogP contribution in [0.15, 0.2) is 55.1 Å². The average molecular weight is 394 g/mol. The van der Waals surface area contributed by atoms with Crippen molar-refractivity contribution < 1.29 is 4.39 Å². The number of nitrogens with one attached hydrogen (secondary N) is 1. The molecule has 0 spiro atoms. The second-order valence-corrected chi connectivity index (χ2v) is 8.04. The van der Waals surface area contributed by atoms with Crippen molar-refractivity contribution in [3.8, 4) is 11.1 Å². The molecule has 3 heterocycles. The molecule has 1 saturated heterocycles. The Hall–Kier alpha value is -2.73. The van der Waals surface area contributed by atoms with Crippen molar-refractivity contribution in [3.63, 3.8) is 0 Å². The first-order valence-electron chi connectivity index (χ1n) is 10.2. The van der Waals surface area contributed by atoms with Crippen LogP contribution >= 0.6 is 0 Å². The molecule has 6 heteroatoms. The molecule has 1 fully saturated rings. The van der Waals surface area contributed by atoms with Crippen molar-refractivity contribution in [2.45, 2.75) is 25.9 Å². The van der Waals surface area contributed by atoms with E-state index in [0.29, 0.717) is 12.5 Å². The number of benzene rings is 1. The van der Waals surface area contributed by atoms with Crippen LogP contribution in [0.25, 0.3) is 21.9 Å². The van der Waals surface area contributed by atoms with Gasteiger partial charge in [-0.1, -0.05) is 18.7 Å². The zero-order chi connectivity index (χ0) is 20.4. The number of aromatic nitrogens is 3. The van der Waals surface area contributed by atoms with Gasteiger partial charge in [-0.25, -0.2) is 9.37 Å². The van der Waals surface area contributed by atoms with Gasteiger partial charge < -0.3 is 10.2 Å². The number of aryl methyl sites for hydroxylation is 1. The molecule has 0 unspecified atom stereocenters. The highest BCUT2D eigenvalue weighted by Gasteiger charge is 2.22. The van der Waals surface area contributed by atoms with E-state index in [4.69, 9.17) is 0 Å². The van der Waals surface area contributed by atoms with Crippen LogP contribution in [-0.2, 0) is 7.05 Å². The van der Waals surface area contributed by atoms with E-state index in [0.717, 1.165) is 59.3 Å². The van der Waals surface area contributed by atoms with Crippen molar-refractivity contribution in [1.29, 1.82) is 0 Å². The van der Waals surface area contributed by atoms with Gasteiger partial charge in [0.2, 0.25) is 0 Å². The van der Waals surface area contributed by atoms with Crippen LogP contribution in [0, 0.1) is 5.92 Å². The Morgan fingerprint density at radius 2 is 2.00 bits per heavy atom. The van der Waals surface area contributed by atoms with Gasteiger partial charge in [-0.15, -0.1) is 0 Å². The zero-order valence-electron chi connectivity index (χ0n) is 17.1. The molecule has 1 atom stereocenters. The number of nitrogens with zero attached hydrogens (tertiary/aromatic N) is 4. The normalized spacial score (nSPS) is 16.8. The molecule has 29 heavy (non-hydrogen) atoms. The van der Waals surface area contributed by atoms with Crippen molar-refractivity contribution in [3.05, 3.63) is 55.1 Å². The van der Waals surface area contributed by atoms with E-state index in [2.05, 4.69) is 51.1 Å². The van der Waals surface area contributed by atoms with Crippen molar-refractivity contribution in [2.24, 2.45) is 13.0 Å². The molecule has 0 radical (unpaired) electrons. The van der Waals surface area contributed by atoms with E-state index in [9.17, 15) is 4.39 Å². The van der Waals surface area contributed by atoms with E-state index in [-0.39, 0.29) is 0 Å². The molecule has 0 saturated carbocycles. The first-order chi connectivity index (χ1) is 14.0. The molecule has 152 valence electrons. The first-order valence-corrected chi connectivity index (χ1v) is 10.2. The standard InChI is InChI=1S/C23H28FN5/c1-16(24)14-29-8-6-18(7-9-29)17(2)27-23-11-21-10-19(4-5-20(21)12-25-23)22-13-26-28(3)15-22/h4-5,10-13,15-16,18H,2,6-9,14H2,1,3H3,(H,25,27)/t16-/m1/s1. The maximum absolute atomic E-state index is 13.2. The summed E-state index contributed by atoms with van der Waals surface area (Å²) in [5.74, 6) is 1.20. The lowest BCUT2D eigenvalue weighted by molar-refractivity contribution is 0.157. The van der Waals surface area contributed by atoms with Crippen LogP contribution in [0.3, 0.4) is 0 Å². The lowest BCUT2D eigenvalue weighted by Gasteiger charge is -2.33. The largest absolute Gasteiger partial charge is 0.344 e. The summed E-state index contributed by atoms with van der Waals surface area (Å²) in [6.07, 6.45) is 7.00. The fourth-order valence-corrected chi connectivity index (χ4v) is 4.05. The second-order valence-electron chi connectivity index (χ2n) is 8.04. The Balaban J connectivity index is 1.44. The molecular formula is C23H28FN5. The van der Waals surface area contributed by atoms with Gasteiger partial charge in [-0.3, -0.25) is 4.68 Å². The van der Waals surface area contributed by atoms with Gasteiger partial charge in [-0.05, 0) is 55.9 Å². The monoisotopic (exact) mass is 393 g/mol. The van der Waals surface area contributed by atoms with Crippen molar-refractivity contribution in [1.82, 2.24) is 19.7 Å². The molecular weight excluding hydrogens is 365 g/mol. The van der Waals surface area contributed by atoms with E-state index < -0.39 is 6.17 Å². The molecule has 2 aromatic heterocycles. The van der Waals surface area contributed by atoms with E-state index in [1.54, 1.807) is 6.92 Å². The molecule has 1 N–H and O–H groups in total. The molecule has 4 rings (SSSR count). The number of rotatable bonds is 6. The topological polar surface area (TPSA) is 46.0 Å². The highest BCUT2D eigenvalue weighted by Crippen LogP contribution is 2.28. The first kappa shape index (κ1) is 19.6. The Kier molecular flexibility index (Phi) is 5.62. The second kappa shape index (κ2) is 8.33. The van der Waals surface area contributed by atoms with E-state index in [1.807, 2.05) is 30.3 Å². The minimum absolute atomic E-state index is 0.389. The third kappa shape index (κ3) is 4.65. The zero-order valence-corrected chi connectivity index (χ0v) is 17.1. The summed E-state index contributed by atoms with van der Waals surface area (Å²) >= 11 is 0. The lowest BCUT2D eigenvalue weighted by atomic mass is 9.94. The van der Waals surface area contributed by atoms with Crippen molar-refractivity contribution in [2.75, 3.05) is 25.0 Å². The van der Waals surface area contributed by atoms with Crippen LogP contribution in [-0.4, -0.2) is 45.5 Å². The Morgan fingerprint density at radius 1 is 1.21 bits per heavy atom. The van der Waals surface area contributed by atoms with Gasteiger partial charge in [0.1, 0.15) is 12.0 Å². The third-order valence-corrected chi connectivity index (χ3v) is 5.64. The number of alkyl halides is 1. The highest BCUT2D eigenvalue weighted by molar-refractivity contribution is 5.88. The number of anilines is 1. The predicted molar refractivity (Wildman–Crippen MR) is 116 cm³/mol. The summed E-state index contributed by atoms with van der Waals surface area (Å²) in [5.41, 5.74) is 3.23. The fourth-order valence-electron chi connectivity index (χ4n) is 4.05. The minimum Gasteiger partial charge on any atom is -0.344 e. The third-order valence-electron chi connectivity index (χ3n) is 5.64. The molecule has 1 aliphatic rings. The number of halogens is 1. The Bertz CT molecular complexity index is 1000. The fraction of sp³-hybridized carbons (Fsp3) is 0.391. The number of pyridine rings is 1. The van der Waals surface area contributed by atoms with Crippen LogP contribution in [0.2, 0.25) is 0 Å². The van der Waals surface area contributed by atoms with Gasteiger partial charge in [0.15, 0.2) is 0 Å². The quantitative estimate of drug-likeness (QED) is 0.663. The maximum atomic E-state index is 13.2. The van der Waals surface area contributed by atoms with E-state index >= 15 is 0 Å². The molecule has 1 aliphatic heterocycles. The predicted octanol–water partition coefficient (Wildman–Crippen LogP) is 4.63. The van der Waals surface area contributed by atoms with Crippen molar-refractivity contribution >= 4 is 16.6 Å². The summed E-state index contributed by atoms with van der Waals surface area (Å²) < 4.78 is 15.0. The highest BCUT2D eigenvalue weighted by atomic mass is 19.1. The van der Waals surface area contributed by atoms with Crippen LogP contribution < -0.4 is 5.32 Å². The van der Waals surface area contributed by atoms with Gasteiger partial charge in [-0.2, -0.15) is 5.10 Å². The summed E-state index contributed by atoms with van der Waals surface area (Å²) in [4.78, 5) is 6.75. The SMILES string of the molecule is C=C(Nc1cc2cc(-c3cnn(C)c3)ccc2cn1)C1CCN(C[C@@H](C)F)CC1. The summed E-state index contributed by atoms with van der Waals surface area (Å²) in [7, 11) is 1.92. The van der Waals surface area contributed by atoms with Crippen LogP contribution in [0.5, 0.6) is 0 Å². The maximum Gasteiger partial charge on any atom is 0.130 e. The molecule has 3 aromatic rings. The number of fused-ring (bicyclic) bond motifs is 1. The summed E-state index contributed by atoms with van der Waals surface area (Å²) in [6.45, 7) is 8.23. The number of hydrogen-bond donors (Lipinski definition) is 1. The number of piperidine rings is 1. The molecule has 5 nitrogen and oxygen atoms in total. The lowest BCUT2D eigenvalue weighted by Crippen LogP contribution is -2.38. The van der Waals surface area contributed by atoms with Crippen LogP contribution in [0.4, 0.5) is 10.2 Å². The molecule has 0 bridgehead atoms. The smallest absolute Gasteiger partial charge is 0.130 e. The summed E-state index contributed by atoms with van der Waals surface area (Å²) in [5, 5.41) is 9.89. The van der Waals surface area contributed by atoms with Gasteiger partial charge in [0, 0.05) is 48.6 Å². The minimum atomic E-state index is -0.772. The summed E-state index contributed by atoms with van der Waals surface area (Å²) in [6, 6.07) is 8.42. The van der Waals surface area contributed by atoms with Crippen LogP contribution in [0.1, 0.15) is 19.8 Å².